The zero-order valence-corrected chi connectivity index (χ0v) is 18.0. The summed E-state index contributed by atoms with van der Waals surface area (Å²) in [5.41, 5.74) is 5.90. The van der Waals surface area contributed by atoms with Gasteiger partial charge >= 0.3 is 0 Å². The van der Waals surface area contributed by atoms with E-state index < -0.39 is 0 Å². The molecule has 0 atom stereocenters. The van der Waals surface area contributed by atoms with E-state index >= 15 is 0 Å². The van der Waals surface area contributed by atoms with E-state index in [2.05, 4.69) is 14.9 Å². The van der Waals surface area contributed by atoms with E-state index in [9.17, 15) is 9.59 Å². The second kappa shape index (κ2) is 8.42. The summed E-state index contributed by atoms with van der Waals surface area (Å²) in [7, 11) is 0. The molecule has 1 heterocycles. The van der Waals surface area contributed by atoms with Gasteiger partial charge in [0, 0.05) is 29.8 Å². The molecule has 0 spiro atoms. The number of hydrogen-bond donors (Lipinski definition) is 1. The van der Waals surface area contributed by atoms with Crippen LogP contribution in [0.4, 0.5) is 5.69 Å². The third-order valence-corrected chi connectivity index (χ3v) is 6.05. The fourth-order valence-corrected chi connectivity index (χ4v) is 3.97. The van der Waals surface area contributed by atoms with Crippen LogP contribution < -0.4 is 5.32 Å². The van der Waals surface area contributed by atoms with Crippen molar-refractivity contribution in [3.8, 4) is 0 Å². The lowest BCUT2D eigenvalue weighted by atomic mass is 10.0. The van der Waals surface area contributed by atoms with Gasteiger partial charge < -0.3 is 9.88 Å². The Morgan fingerprint density at radius 3 is 2.69 bits per heavy atom. The number of nitrogens with one attached hydrogen (secondary N) is 1. The Kier molecular flexibility index (Phi) is 5.31. The van der Waals surface area contributed by atoms with Gasteiger partial charge in [-0.15, -0.1) is 0 Å². The number of carbonyl (C=O) groups excluding carboxylic acids is 2. The van der Waals surface area contributed by atoms with Gasteiger partial charge in [0.15, 0.2) is 5.78 Å². The third-order valence-electron chi connectivity index (χ3n) is 6.05. The monoisotopic (exact) mass is 423 g/mol. The van der Waals surface area contributed by atoms with Crippen molar-refractivity contribution in [2.75, 3.05) is 5.32 Å². The van der Waals surface area contributed by atoms with Gasteiger partial charge in [-0.3, -0.25) is 9.59 Å². The van der Waals surface area contributed by atoms with Crippen LogP contribution in [0.2, 0.25) is 0 Å². The van der Waals surface area contributed by atoms with Crippen molar-refractivity contribution in [1.29, 1.82) is 0 Å². The van der Waals surface area contributed by atoms with Gasteiger partial charge in [-0.1, -0.05) is 36.4 Å². The molecule has 5 heteroatoms. The summed E-state index contributed by atoms with van der Waals surface area (Å²) >= 11 is 0. The van der Waals surface area contributed by atoms with Crippen molar-refractivity contribution < 1.29 is 9.59 Å². The van der Waals surface area contributed by atoms with E-state index in [1.807, 2.05) is 73.9 Å². The van der Waals surface area contributed by atoms with Gasteiger partial charge in [-0.25, -0.2) is 4.98 Å². The molecule has 1 aliphatic rings. The quantitative estimate of drug-likeness (QED) is 0.392. The molecule has 1 saturated carbocycles. The molecule has 1 aromatic heterocycles. The highest BCUT2D eigenvalue weighted by Gasteiger charge is 2.25. The van der Waals surface area contributed by atoms with E-state index in [0.29, 0.717) is 35.7 Å². The topological polar surface area (TPSA) is 64.0 Å². The van der Waals surface area contributed by atoms with Crippen LogP contribution in [-0.4, -0.2) is 21.2 Å². The lowest BCUT2D eigenvalue weighted by Crippen LogP contribution is -2.14. The highest BCUT2D eigenvalue weighted by atomic mass is 16.1. The van der Waals surface area contributed by atoms with Gasteiger partial charge in [0.05, 0.1) is 17.4 Å². The lowest BCUT2D eigenvalue weighted by molar-refractivity contribution is 0.0974. The maximum atomic E-state index is 13.0. The molecule has 160 valence electrons. The molecular weight excluding hydrogens is 398 g/mol. The molecule has 4 aromatic rings. The predicted molar refractivity (Wildman–Crippen MR) is 126 cm³/mol. The van der Waals surface area contributed by atoms with Gasteiger partial charge in [-0.2, -0.15) is 0 Å². The Morgan fingerprint density at radius 1 is 1.00 bits per heavy atom. The average molecular weight is 424 g/mol. The minimum atomic E-state index is -0.183. The molecule has 32 heavy (non-hydrogen) atoms. The van der Waals surface area contributed by atoms with Crippen molar-refractivity contribution >= 4 is 28.4 Å². The molecule has 0 aliphatic heterocycles. The normalized spacial score (nSPS) is 13.3. The van der Waals surface area contributed by atoms with Gasteiger partial charge in [-0.05, 0) is 67.1 Å². The predicted octanol–water partition coefficient (Wildman–Crippen LogP) is 5.63. The molecule has 5 rings (SSSR count). The van der Waals surface area contributed by atoms with Crippen LogP contribution in [0.3, 0.4) is 0 Å². The number of para-hydroxylation sites is 2. The first-order chi connectivity index (χ1) is 15.6. The van der Waals surface area contributed by atoms with Crippen molar-refractivity contribution in [2.45, 2.75) is 32.7 Å². The molecule has 0 unspecified atom stereocenters. The van der Waals surface area contributed by atoms with Crippen LogP contribution in [0, 0.1) is 12.8 Å². The summed E-state index contributed by atoms with van der Waals surface area (Å²) in [6.07, 6.45) is 4.71. The Bertz CT molecular complexity index is 1320. The fraction of sp³-hybridized carbons (Fsp3) is 0.222. The second-order valence-electron chi connectivity index (χ2n) is 8.62. The maximum absolute atomic E-state index is 13.0. The number of aryl methyl sites for hydroxylation is 1. The molecule has 0 saturated heterocycles. The minimum Gasteiger partial charge on any atom is -0.326 e. The van der Waals surface area contributed by atoms with Crippen LogP contribution in [0.15, 0.2) is 73.1 Å². The number of ketones is 1. The molecule has 5 nitrogen and oxygen atoms in total. The SMILES string of the molecule is Cc1ccc(C(=O)CC2CC2)cc1NC(=O)c1cccc(Cn2cnc3ccccc32)c1. The number of rotatable bonds is 7. The summed E-state index contributed by atoms with van der Waals surface area (Å²) in [5, 5.41) is 3.00. The van der Waals surface area contributed by atoms with Gasteiger partial charge in [0.2, 0.25) is 0 Å². The molecule has 1 amide bonds. The van der Waals surface area contributed by atoms with Crippen LogP contribution in [0.1, 0.15) is 51.1 Å². The van der Waals surface area contributed by atoms with Crippen molar-refractivity contribution in [2.24, 2.45) is 5.92 Å². The largest absolute Gasteiger partial charge is 0.326 e. The first-order valence-corrected chi connectivity index (χ1v) is 11.0. The molecule has 0 bridgehead atoms. The molecular formula is C27H25N3O2. The minimum absolute atomic E-state index is 0.151. The van der Waals surface area contributed by atoms with E-state index in [4.69, 9.17) is 0 Å². The number of benzene rings is 3. The van der Waals surface area contributed by atoms with Crippen molar-refractivity contribution in [3.63, 3.8) is 0 Å². The third kappa shape index (κ3) is 4.33. The summed E-state index contributed by atoms with van der Waals surface area (Å²) < 4.78 is 2.07. The molecule has 1 fully saturated rings. The van der Waals surface area contributed by atoms with E-state index in [-0.39, 0.29) is 11.7 Å². The molecule has 1 N–H and O–H groups in total. The lowest BCUT2D eigenvalue weighted by Gasteiger charge is -2.12. The Hall–Kier alpha value is -3.73. The molecule has 3 aromatic carbocycles. The summed E-state index contributed by atoms with van der Waals surface area (Å²) in [6, 6.07) is 21.2. The number of fused-ring (bicyclic) bond motifs is 1. The summed E-state index contributed by atoms with van der Waals surface area (Å²) in [5.74, 6) is 0.506. The second-order valence-corrected chi connectivity index (χ2v) is 8.62. The smallest absolute Gasteiger partial charge is 0.255 e. The van der Waals surface area contributed by atoms with E-state index in [0.717, 1.165) is 35.0 Å². The molecule has 0 radical (unpaired) electrons. The number of Topliss-reactive ketones (excluding diaryl/α,β-unsaturated/α-hetero) is 1. The van der Waals surface area contributed by atoms with Gasteiger partial charge in [0.25, 0.3) is 5.91 Å². The summed E-state index contributed by atoms with van der Waals surface area (Å²) in [4.78, 5) is 29.9. The van der Waals surface area contributed by atoms with Crippen molar-refractivity contribution in [3.05, 3.63) is 95.3 Å². The zero-order valence-electron chi connectivity index (χ0n) is 18.0. The number of aromatic nitrogens is 2. The summed E-state index contributed by atoms with van der Waals surface area (Å²) in [6.45, 7) is 2.57. The Balaban J connectivity index is 1.33. The van der Waals surface area contributed by atoms with Gasteiger partial charge in [0.1, 0.15) is 0 Å². The number of nitrogens with zero attached hydrogens (tertiary/aromatic N) is 2. The van der Waals surface area contributed by atoms with Crippen LogP contribution >= 0.6 is 0 Å². The first kappa shape index (κ1) is 20.2. The first-order valence-electron chi connectivity index (χ1n) is 11.0. The number of hydrogen-bond acceptors (Lipinski definition) is 3. The Morgan fingerprint density at radius 2 is 1.84 bits per heavy atom. The van der Waals surface area contributed by atoms with E-state index in [1.165, 1.54) is 0 Å². The van der Waals surface area contributed by atoms with E-state index in [1.54, 1.807) is 6.07 Å². The maximum Gasteiger partial charge on any atom is 0.255 e. The molecule has 1 aliphatic carbocycles. The van der Waals surface area contributed by atoms with Crippen LogP contribution in [0.25, 0.3) is 11.0 Å². The fourth-order valence-electron chi connectivity index (χ4n) is 3.97. The van der Waals surface area contributed by atoms with Crippen molar-refractivity contribution in [1.82, 2.24) is 9.55 Å². The number of imidazole rings is 1. The van der Waals surface area contributed by atoms with Crippen LogP contribution in [-0.2, 0) is 6.54 Å². The number of amides is 1. The average Bonchev–Trinajstić information content (AvgIpc) is 3.53. The number of anilines is 1. The highest BCUT2D eigenvalue weighted by Crippen LogP contribution is 2.34. The highest BCUT2D eigenvalue weighted by molar-refractivity contribution is 6.06. The number of carbonyl (C=O) groups is 2. The van der Waals surface area contributed by atoms with Crippen LogP contribution in [0.5, 0.6) is 0 Å². The standard InChI is InChI=1S/C27H25N3O2/c1-18-9-12-21(26(31)14-19-10-11-19)15-24(18)29-27(32)22-6-4-5-20(13-22)16-30-17-28-23-7-2-3-8-25(23)30/h2-9,12-13,15,17,19H,10-11,14,16H2,1H3,(H,29,32). The zero-order chi connectivity index (χ0) is 22.1. The Labute approximate surface area is 187 Å².